The summed E-state index contributed by atoms with van der Waals surface area (Å²) in [6.07, 6.45) is 1.88. The van der Waals surface area contributed by atoms with Crippen LogP contribution in [0, 0.1) is 6.92 Å². The molecular weight excluding hydrogens is 362 g/mol. The zero-order chi connectivity index (χ0) is 20.2. The Morgan fingerprint density at radius 2 is 1.66 bits per heavy atom. The average molecular weight is 384 g/mol. The van der Waals surface area contributed by atoms with Gasteiger partial charge in [0.15, 0.2) is 6.04 Å². The van der Waals surface area contributed by atoms with E-state index in [9.17, 15) is 9.59 Å². The van der Waals surface area contributed by atoms with Crippen LogP contribution in [-0.2, 0) is 4.79 Å². The normalized spacial score (nSPS) is 19.8. The first-order chi connectivity index (χ1) is 14.1. The molecule has 29 heavy (non-hydrogen) atoms. The molecule has 4 rings (SSSR count). The van der Waals surface area contributed by atoms with Gasteiger partial charge < -0.3 is 5.32 Å². The van der Waals surface area contributed by atoms with Crippen molar-refractivity contribution in [2.75, 3.05) is 0 Å². The molecule has 5 nitrogen and oxygen atoms in total. The van der Waals surface area contributed by atoms with Gasteiger partial charge in [0.2, 0.25) is 12.3 Å². The van der Waals surface area contributed by atoms with Crippen LogP contribution in [0.1, 0.15) is 33.1 Å². The van der Waals surface area contributed by atoms with E-state index in [-0.39, 0.29) is 17.9 Å². The smallest absolute Gasteiger partial charge is 0.304 e. The molecule has 2 N–H and O–H groups in total. The fraction of sp³-hybridized carbons (Fsp3) is 0.125. The number of carbonyl (C=O) groups excluding carboxylic acids is 2. The van der Waals surface area contributed by atoms with Gasteiger partial charge in [0.05, 0.1) is 0 Å². The minimum Gasteiger partial charge on any atom is -0.334 e. The third-order valence-corrected chi connectivity index (χ3v) is 4.93. The van der Waals surface area contributed by atoms with Crippen molar-refractivity contribution in [3.63, 3.8) is 0 Å². The van der Waals surface area contributed by atoms with Crippen LogP contribution in [0.3, 0.4) is 0 Å². The quantitative estimate of drug-likeness (QED) is 0.680. The van der Waals surface area contributed by atoms with Crippen LogP contribution in [-0.4, -0.2) is 28.8 Å². The lowest BCUT2D eigenvalue weighted by molar-refractivity contribution is -0.596. The van der Waals surface area contributed by atoms with Crippen molar-refractivity contribution >= 4 is 18.0 Å². The molecule has 2 amide bonds. The molecule has 0 saturated carbocycles. The van der Waals surface area contributed by atoms with Gasteiger partial charge in [-0.1, -0.05) is 66.2 Å². The maximum absolute atomic E-state index is 12.8. The van der Waals surface area contributed by atoms with Crippen molar-refractivity contribution in [3.8, 4) is 0 Å². The summed E-state index contributed by atoms with van der Waals surface area (Å²) in [5.41, 5.74) is 6.32. The van der Waals surface area contributed by atoms with Crippen LogP contribution in [0.5, 0.6) is 0 Å². The number of hydrazone groups is 1. The Hall–Kier alpha value is -3.73. The van der Waals surface area contributed by atoms with Crippen LogP contribution in [0.4, 0.5) is 0 Å². The fourth-order valence-electron chi connectivity index (χ4n) is 3.54. The van der Waals surface area contributed by atoms with Crippen LogP contribution in [0.25, 0.3) is 0 Å². The highest BCUT2D eigenvalue weighted by Gasteiger charge is 2.47. The third kappa shape index (κ3) is 4.09. The predicted molar refractivity (Wildman–Crippen MR) is 112 cm³/mol. The molecule has 1 saturated heterocycles. The molecule has 5 heteroatoms. The summed E-state index contributed by atoms with van der Waals surface area (Å²) in [6.45, 7) is 1.93. The summed E-state index contributed by atoms with van der Waals surface area (Å²) in [7, 11) is 0. The first kappa shape index (κ1) is 18.6. The number of benzene rings is 3. The van der Waals surface area contributed by atoms with E-state index in [4.69, 9.17) is 0 Å². The number of nitrogens with one attached hydrogen (secondary N) is 2. The van der Waals surface area contributed by atoms with Gasteiger partial charge in [0.25, 0.3) is 5.91 Å². The molecule has 3 aromatic rings. The van der Waals surface area contributed by atoms with E-state index in [1.165, 1.54) is 0 Å². The molecule has 1 heterocycles. The van der Waals surface area contributed by atoms with Crippen molar-refractivity contribution in [3.05, 3.63) is 107 Å². The topological polar surface area (TPSA) is 61.2 Å². The van der Waals surface area contributed by atoms with Gasteiger partial charge >= 0.3 is 5.91 Å². The molecule has 1 aliphatic rings. The Morgan fingerprint density at radius 3 is 2.34 bits per heavy atom. The second-order valence-electron chi connectivity index (χ2n) is 7.10. The van der Waals surface area contributed by atoms with Crippen LogP contribution < -0.4 is 10.7 Å². The van der Waals surface area contributed by atoms with Crippen molar-refractivity contribution in [1.82, 2.24) is 10.7 Å². The summed E-state index contributed by atoms with van der Waals surface area (Å²) in [5, 5.41) is 2.92. The molecule has 0 aliphatic carbocycles. The zero-order valence-corrected chi connectivity index (χ0v) is 16.1. The molecule has 144 valence electrons. The molecule has 1 aliphatic heterocycles. The number of hydrogen-bond donors (Lipinski definition) is 2. The lowest BCUT2D eigenvalue weighted by atomic mass is 9.99. The number of nitrogens with zero attached hydrogens (tertiary/aromatic N) is 1. The highest BCUT2D eigenvalue weighted by molar-refractivity contribution is 5.98. The Bertz CT molecular complexity index is 1060. The molecular formula is C24H22N3O2+. The van der Waals surface area contributed by atoms with Gasteiger partial charge in [-0.05, 0) is 31.2 Å². The molecule has 0 bridgehead atoms. The van der Waals surface area contributed by atoms with Gasteiger partial charge in [-0.15, -0.1) is 10.1 Å². The highest BCUT2D eigenvalue weighted by Crippen LogP contribution is 2.25. The number of hydrazine groups is 1. The monoisotopic (exact) mass is 384 g/mol. The first-order valence-electron chi connectivity index (χ1n) is 9.53. The van der Waals surface area contributed by atoms with Gasteiger partial charge in [-0.3, -0.25) is 9.59 Å². The largest absolute Gasteiger partial charge is 0.334 e. The standard InChI is InChI=1S/C24H21N3O2/c1-17-9-8-14-20(15-17)23(28)25-21-22(19-12-6-3-7-13-19)27(26-24(21)29)16-18-10-4-2-5-11-18/h2-16,21-22H,1H3,(H-,25,26,28,29)/p+1/b27-16-/t21-,22+/m0/s1. The minimum atomic E-state index is -0.717. The van der Waals surface area contributed by atoms with E-state index in [0.717, 1.165) is 16.7 Å². The van der Waals surface area contributed by atoms with E-state index in [1.807, 2.05) is 92.0 Å². The van der Waals surface area contributed by atoms with Crippen LogP contribution >= 0.6 is 0 Å². The lowest BCUT2D eigenvalue weighted by Gasteiger charge is -2.14. The molecule has 0 unspecified atom stereocenters. The van der Waals surface area contributed by atoms with Crippen LogP contribution in [0.15, 0.2) is 84.9 Å². The number of amides is 2. The molecule has 2 atom stereocenters. The van der Waals surface area contributed by atoms with Crippen molar-refractivity contribution in [1.29, 1.82) is 0 Å². The predicted octanol–water partition coefficient (Wildman–Crippen LogP) is 3.01. The zero-order valence-electron chi connectivity index (χ0n) is 16.1. The van der Waals surface area contributed by atoms with Gasteiger partial charge in [0, 0.05) is 16.7 Å². The molecule has 3 aromatic carbocycles. The number of aryl methyl sites for hydroxylation is 1. The van der Waals surface area contributed by atoms with E-state index in [1.54, 1.807) is 10.8 Å². The average Bonchev–Trinajstić information content (AvgIpc) is 3.04. The molecule has 0 aromatic heterocycles. The maximum Gasteiger partial charge on any atom is 0.304 e. The fourth-order valence-corrected chi connectivity index (χ4v) is 3.54. The molecule has 0 spiro atoms. The number of carbonyl (C=O) groups is 2. The Labute approximate surface area is 169 Å². The third-order valence-electron chi connectivity index (χ3n) is 4.93. The molecule has 0 radical (unpaired) electrons. The Kier molecular flexibility index (Phi) is 5.20. The van der Waals surface area contributed by atoms with Crippen molar-refractivity contribution < 1.29 is 14.3 Å². The summed E-state index contributed by atoms with van der Waals surface area (Å²) in [5.74, 6) is -0.511. The second kappa shape index (κ2) is 8.10. The van der Waals surface area contributed by atoms with E-state index in [2.05, 4.69) is 10.7 Å². The Balaban J connectivity index is 1.69. The summed E-state index contributed by atoms with van der Waals surface area (Å²) in [6, 6.07) is 25.7. The Morgan fingerprint density at radius 1 is 0.966 bits per heavy atom. The van der Waals surface area contributed by atoms with E-state index in [0.29, 0.717) is 5.56 Å². The molecule has 1 fully saturated rings. The van der Waals surface area contributed by atoms with Gasteiger partial charge in [-0.2, -0.15) is 0 Å². The first-order valence-corrected chi connectivity index (χ1v) is 9.53. The van der Waals surface area contributed by atoms with Gasteiger partial charge in [0.1, 0.15) is 0 Å². The second-order valence-corrected chi connectivity index (χ2v) is 7.10. The SMILES string of the molecule is Cc1cccc(C(=O)N[C@@H]2C(=O)N/[N+](=C\c3ccccc3)[C@@H]2c2ccccc2)c1. The minimum absolute atomic E-state index is 0.243. The summed E-state index contributed by atoms with van der Waals surface area (Å²) in [4.78, 5) is 25.6. The highest BCUT2D eigenvalue weighted by atomic mass is 16.2. The van der Waals surface area contributed by atoms with Gasteiger partial charge in [-0.25, -0.2) is 0 Å². The van der Waals surface area contributed by atoms with E-state index >= 15 is 0 Å². The maximum atomic E-state index is 12.8. The van der Waals surface area contributed by atoms with Crippen molar-refractivity contribution in [2.45, 2.75) is 19.0 Å². The number of hydrogen-bond acceptors (Lipinski definition) is 2. The summed E-state index contributed by atoms with van der Waals surface area (Å²) >= 11 is 0. The van der Waals surface area contributed by atoms with Crippen molar-refractivity contribution in [2.24, 2.45) is 0 Å². The summed E-state index contributed by atoms with van der Waals surface area (Å²) < 4.78 is 1.77. The number of rotatable bonds is 4. The lowest BCUT2D eigenvalue weighted by Crippen LogP contribution is -2.42. The van der Waals surface area contributed by atoms with E-state index < -0.39 is 6.04 Å². The van der Waals surface area contributed by atoms with Crippen LogP contribution in [0.2, 0.25) is 0 Å².